The fraction of sp³-hybridized carbons (Fsp3) is 0.636. The summed E-state index contributed by atoms with van der Waals surface area (Å²) < 4.78 is 0. The summed E-state index contributed by atoms with van der Waals surface area (Å²) in [5.41, 5.74) is 0. The molecule has 1 atom stereocenters. The number of hydrogen-bond donors (Lipinski definition) is 0. The predicted octanol–water partition coefficient (Wildman–Crippen LogP) is 4.27. The monoisotopic (exact) mass is 216 g/mol. The molecule has 0 aliphatic heterocycles. The van der Waals surface area contributed by atoms with E-state index in [1.165, 1.54) is 31.7 Å². The van der Waals surface area contributed by atoms with E-state index in [0.717, 1.165) is 12.5 Å². The lowest BCUT2D eigenvalue weighted by Gasteiger charge is -2.03. The Morgan fingerprint density at radius 2 is 1.69 bits per heavy atom. The Labute approximate surface area is 89.0 Å². The highest BCUT2D eigenvalue weighted by molar-refractivity contribution is 7.07. The van der Waals surface area contributed by atoms with E-state index in [1.807, 2.05) is 12.2 Å². The first-order chi connectivity index (χ1) is 6.31. The molecule has 0 saturated carbocycles. The summed E-state index contributed by atoms with van der Waals surface area (Å²) in [5, 5.41) is 0. The highest BCUT2D eigenvalue weighted by atomic mass is 35.6. The summed E-state index contributed by atoms with van der Waals surface area (Å²) in [4.78, 5) is 0. The third kappa shape index (κ3) is 9.90. The molecule has 0 heterocycles. The summed E-state index contributed by atoms with van der Waals surface area (Å²) >= 11 is 6.17. The van der Waals surface area contributed by atoms with Gasteiger partial charge in [0.25, 0.3) is 0 Å². The van der Waals surface area contributed by atoms with Gasteiger partial charge in [0.05, 0.1) is 0 Å². The largest absolute Gasteiger partial charge is 0.171 e. The van der Waals surface area contributed by atoms with E-state index in [4.69, 9.17) is 11.1 Å². The molecule has 0 aliphatic carbocycles. The van der Waals surface area contributed by atoms with Crippen molar-refractivity contribution < 1.29 is 0 Å². The first-order valence-corrected chi connectivity index (χ1v) is 8.55. The normalized spacial score (nSPS) is 12.4. The number of rotatable bonds is 9. The van der Waals surface area contributed by atoms with Gasteiger partial charge in [0.2, 0.25) is 0 Å². The molecule has 0 nitrogen and oxygen atoms in total. The van der Waals surface area contributed by atoms with Crippen molar-refractivity contribution in [3.8, 4) is 0 Å². The van der Waals surface area contributed by atoms with Crippen LogP contribution in [0.1, 0.15) is 32.1 Å². The van der Waals surface area contributed by atoms with Crippen LogP contribution in [0.3, 0.4) is 0 Å². The Morgan fingerprint density at radius 1 is 1.00 bits per heavy atom. The second-order valence-corrected chi connectivity index (χ2v) is 7.50. The van der Waals surface area contributed by atoms with Gasteiger partial charge in [-0.05, 0) is 24.9 Å². The van der Waals surface area contributed by atoms with Gasteiger partial charge in [0.15, 0.2) is 0 Å². The fourth-order valence-corrected chi connectivity index (χ4v) is 3.48. The SMILES string of the molecule is C=CCCCCCC[SiH](Cl)CC=C. The van der Waals surface area contributed by atoms with Crippen molar-refractivity contribution in [2.75, 3.05) is 0 Å². The van der Waals surface area contributed by atoms with Crippen molar-refractivity contribution in [1.29, 1.82) is 0 Å². The van der Waals surface area contributed by atoms with Gasteiger partial charge in [-0.3, -0.25) is 0 Å². The molecule has 76 valence electrons. The minimum Gasteiger partial charge on any atom is -0.171 e. The molecule has 0 N–H and O–H groups in total. The molecule has 0 rings (SSSR count). The van der Waals surface area contributed by atoms with Crippen molar-refractivity contribution in [2.24, 2.45) is 0 Å². The average molecular weight is 217 g/mol. The van der Waals surface area contributed by atoms with E-state index < -0.39 is 8.11 Å². The molecule has 0 amide bonds. The minimum absolute atomic E-state index is 0.927. The van der Waals surface area contributed by atoms with Crippen LogP contribution < -0.4 is 0 Å². The van der Waals surface area contributed by atoms with Crippen LogP contribution in [0, 0.1) is 0 Å². The molecule has 0 bridgehead atoms. The van der Waals surface area contributed by atoms with E-state index in [2.05, 4.69) is 13.2 Å². The van der Waals surface area contributed by atoms with Crippen molar-refractivity contribution in [3.05, 3.63) is 25.3 Å². The van der Waals surface area contributed by atoms with Crippen LogP contribution in [-0.4, -0.2) is 8.11 Å². The highest BCUT2D eigenvalue weighted by Gasteiger charge is 2.03. The molecular weight excluding hydrogens is 196 g/mol. The lowest BCUT2D eigenvalue weighted by molar-refractivity contribution is 0.673. The maximum atomic E-state index is 6.17. The first-order valence-electron chi connectivity index (χ1n) is 5.17. The Morgan fingerprint density at radius 3 is 2.31 bits per heavy atom. The number of hydrogen-bond acceptors (Lipinski definition) is 0. The van der Waals surface area contributed by atoms with Crippen LogP contribution in [0.2, 0.25) is 12.1 Å². The molecule has 13 heavy (non-hydrogen) atoms. The molecule has 0 aromatic heterocycles. The average Bonchev–Trinajstić information content (AvgIpc) is 2.11. The van der Waals surface area contributed by atoms with Crippen LogP contribution in [0.5, 0.6) is 0 Å². The van der Waals surface area contributed by atoms with Gasteiger partial charge in [-0.1, -0.05) is 31.4 Å². The summed E-state index contributed by atoms with van der Waals surface area (Å²) in [6.45, 7) is 7.41. The molecule has 2 heteroatoms. The molecule has 1 unspecified atom stereocenters. The van der Waals surface area contributed by atoms with Gasteiger partial charge in [0, 0.05) is 0 Å². The van der Waals surface area contributed by atoms with Crippen LogP contribution in [0.25, 0.3) is 0 Å². The summed E-state index contributed by atoms with van der Waals surface area (Å²) in [6.07, 6.45) is 10.4. The van der Waals surface area contributed by atoms with E-state index in [0.29, 0.717) is 0 Å². The third-order valence-electron chi connectivity index (χ3n) is 2.10. The molecule has 0 spiro atoms. The molecule has 0 radical (unpaired) electrons. The summed E-state index contributed by atoms with van der Waals surface area (Å²) in [5.74, 6) is 0. The van der Waals surface area contributed by atoms with Gasteiger partial charge in [-0.2, -0.15) is 11.1 Å². The summed E-state index contributed by atoms with van der Waals surface area (Å²) in [6, 6.07) is 2.34. The second kappa shape index (κ2) is 10.1. The number of unbranched alkanes of at least 4 members (excludes halogenated alkanes) is 4. The first kappa shape index (κ1) is 13.0. The smallest absolute Gasteiger partial charge is 0.144 e. The second-order valence-electron chi connectivity index (χ2n) is 3.40. The zero-order valence-corrected chi connectivity index (χ0v) is 10.4. The van der Waals surface area contributed by atoms with Crippen LogP contribution >= 0.6 is 11.1 Å². The van der Waals surface area contributed by atoms with Gasteiger partial charge in [-0.15, -0.1) is 13.2 Å². The molecule has 0 aliphatic rings. The van der Waals surface area contributed by atoms with E-state index in [9.17, 15) is 0 Å². The molecule has 0 fully saturated rings. The standard InChI is InChI=1S/C11H21ClSi/c1-3-5-6-7-8-9-11-13(12)10-4-2/h3-4,13H,1-2,5-11H2. The van der Waals surface area contributed by atoms with Crippen molar-refractivity contribution in [2.45, 2.75) is 44.2 Å². The van der Waals surface area contributed by atoms with Crippen LogP contribution in [0.4, 0.5) is 0 Å². The van der Waals surface area contributed by atoms with Gasteiger partial charge in [0.1, 0.15) is 8.11 Å². The molecule has 0 aromatic carbocycles. The summed E-state index contributed by atoms with van der Waals surface area (Å²) in [7, 11) is -0.927. The maximum Gasteiger partial charge on any atom is 0.144 e. The fourth-order valence-electron chi connectivity index (χ4n) is 1.31. The zero-order chi connectivity index (χ0) is 9.94. The van der Waals surface area contributed by atoms with Crippen molar-refractivity contribution in [1.82, 2.24) is 0 Å². The topological polar surface area (TPSA) is 0 Å². The minimum atomic E-state index is -0.927. The maximum absolute atomic E-state index is 6.17. The lowest BCUT2D eigenvalue weighted by Crippen LogP contribution is -2.00. The van der Waals surface area contributed by atoms with E-state index >= 15 is 0 Å². The Kier molecular flexibility index (Phi) is 10.1. The van der Waals surface area contributed by atoms with Crippen molar-refractivity contribution >= 4 is 19.2 Å². The Balaban J connectivity index is 3.05. The van der Waals surface area contributed by atoms with Gasteiger partial charge in [-0.25, -0.2) is 0 Å². The highest BCUT2D eigenvalue weighted by Crippen LogP contribution is 2.12. The number of halogens is 1. The third-order valence-corrected chi connectivity index (χ3v) is 5.17. The van der Waals surface area contributed by atoms with Gasteiger partial charge < -0.3 is 0 Å². The quantitative estimate of drug-likeness (QED) is 0.234. The van der Waals surface area contributed by atoms with Crippen molar-refractivity contribution in [3.63, 3.8) is 0 Å². The zero-order valence-electron chi connectivity index (χ0n) is 8.47. The predicted molar refractivity (Wildman–Crippen MR) is 66.1 cm³/mol. The molecule has 0 saturated heterocycles. The Hall–Kier alpha value is -0.0131. The van der Waals surface area contributed by atoms with Crippen LogP contribution in [0.15, 0.2) is 25.3 Å². The molecular formula is C11H21ClSi. The van der Waals surface area contributed by atoms with E-state index in [1.54, 1.807) is 0 Å². The number of allylic oxidation sites excluding steroid dienone is 2. The Bertz CT molecular complexity index is 134. The molecule has 0 aromatic rings. The van der Waals surface area contributed by atoms with Crippen LogP contribution in [-0.2, 0) is 0 Å². The lowest BCUT2D eigenvalue weighted by atomic mass is 10.1. The van der Waals surface area contributed by atoms with Gasteiger partial charge >= 0.3 is 0 Å². The van der Waals surface area contributed by atoms with E-state index in [-0.39, 0.29) is 0 Å².